The van der Waals surface area contributed by atoms with E-state index in [0.29, 0.717) is 30.6 Å². The fourth-order valence-electron chi connectivity index (χ4n) is 1.80. The number of ether oxygens (including phenoxy) is 1. The van der Waals surface area contributed by atoms with Crippen molar-refractivity contribution in [3.63, 3.8) is 0 Å². The second-order valence-corrected chi connectivity index (χ2v) is 7.04. The third-order valence-corrected chi connectivity index (χ3v) is 5.01. The normalized spacial score (nSPS) is 10.0. The maximum absolute atomic E-state index is 12.2. The lowest BCUT2D eigenvalue weighted by molar-refractivity contribution is -0.128. The number of carbonyl (C=O) groups excluding carboxylic acids is 1. The van der Waals surface area contributed by atoms with Crippen LogP contribution in [0.4, 0.5) is 5.13 Å². The number of carbonyl (C=O) groups is 1. The van der Waals surface area contributed by atoms with Crippen LogP contribution in [0, 0.1) is 22.7 Å². The molecule has 0 fully saturated rings. The number of hydrogen-bond acceptors (Lipinski definition) is 9. The Labute approximate surface area is 156 Å². The number of anilines is 1. The minimum absolute atomic E-state index is 0.100. The zero-order chi connectivity index (χ0) is 18.3. The highest BCUT2D eigenvalue weighted by Gasteiger charge is 2.15. The summed E-state index contributed by atoms with van der Waals surface area (Å²) in [5.74, 6) is 0.118. The molecule has 8 nitrogen and oxygen atoms in total. The van der Waals surface area contributed by atoms with Crippen LogP contribution in [-0.2, 0) is 9.53 Å². The summed E-state index contributed by atoms with van der Waals surface area (Å²) in [5.41, 5.74) is 0. The Hall–Kier alpha value is -1.88. The maximum Gasteiger partial charge on any atom is 0.233 e. The van der Waals surface area contributed by atoms with Gasteiger partial charge in [-0.1, -0.05) is 23.1 Å². The van der Waals surface area contributed by atoms with Crippen LogP contribution >= 0.6 is 23.1 Å². The topological polar surface area (TPSA) is 115 Å². The van der Waals surface area contributed by atoms with Gasteiger partial charge >= 0.3 is 0 Å². The minimum Gasteiger partial charge on any atom is -0.382 e. The average molecular weight is 383 g/mol. The second-order valence-electron chi connectivity index (χ2n) is 4.84. The van der Waals surface area contributed by atoms with E-state index in [9.17, 15) is 4.79 Å². The van der Waals surface area contributed by atoms with E-state index in [-0.39, 0.29) is 24.5 Å². The highest BCUT2D eigenvalue weighted by atomic mass is 32.2. The SMILES string of the molecule is CCOCCCNc1nnc(SCC(=O)N(CCC#N)CCC#N)s1. The Morgan fingerprint density at radius 3 is 2.68 bits per heavy atom. The predicted molar refractivity (Wildman–Crippen MR) is 97.3 cm³/mol. The smallest absolute Gasteiger partial charge is 0.233 e. The molecule has 0 aliphatic carbocycles. The van der Waals surface area contributed by atoms with Crippen molar-refractivity contribution in [3.05, 3.63) is 0 Å². The molecule has 0 aliphatic heterocycles. The zero-order valence-corrected chi connectivity index (χ0v) is 15.9. The lowest BCUT2D eigenvalue weighted by Gasteiger charge is -2.19. The van der Waals surface area contributed by atoms with Crippen LogP contribution in [0.3, 0.4) is 0 Å². The molecule has 1 rings (SSSR count). The van der Waals surface area contributed by atoms with Gasteiger partial charge in [-0.15, -0.1) is 10.2 Å². The summed E-state index contributed by atoms with van der Waals surface area (Å²) in [6, 6.07) is 4.04. The van der Waals surface area contributed by atoms with Gasteiger partial charge in [0.25, 0.3) is 0 Å². The van der Waals surface area contributed by atoms with Crippen LogP contribution < -0.4 is 5.32 Å². The van der Waals surface area contributed by atoms with Crippen molar-refractivity contribution >= 4 is 34.1 Å². The molecule has 0 aliphatic rings. The van der Waals surface area contributed by atoms with Gasteiger partial charge in [0, 0.05) is 32.8 Å². The molecule has 10 heteroatoms. The molecule has 1 heterocycles. The Morgan fingerprint density at radius 2 is 2.04 bits per heavy atom. The third-order valence-electron chi connectivity index (χ3n) is 3.01. The van der Waals surface area contributed by atoms with Crippen LogP contribution in [0.25, 0.3) is 0 Å². The van der Waals surface area contributed by atoms with E-state index in [2.05, 4.69) is 15.5 Å². The van der Waals surface area contributed by atoms with Gasteiger partial charge in [-0.25, -0.2) is 0 Å². The van der Waals surface area contributed by atoms with Crippen molar-refractivity contribution < 1.29 is 9.53 Å². The van der Waals surface area contributed by atoms with Crippen LogP contribution in [0.2, 0.25) is 0 Å². The first kappa shape index (κ1) is 21.2. The van der Waals surface area contributed by atoms with Crippen molar-refractivity contribution in [3.8, 4) is 12.1 Å². The summed E-state index contributed by atoms with van der Waals surface area (Å²) in [5, 5.41) is 29.3. The van der Waals surface area contributed by atoms with E-state index in [1.165, 1.54) is 23.1 Å². The van der Waals surface area contributed by atoms with Gasteiger partial charge in [-0.3, -0.25) is 4.79 Å². The zero-order valence-electron chi connectivity index (χ0n) is 14.2. The number of amides is 1. The molecule has 0 spiro atoms. The largest absolute Gasteiger partial charge is 0.382 e. The van der Waals surface area contributed by atoms with Gasteiger partial charge < -0.3 is 15.0 Å². The van der Waals surface area contributed by atoms with Gasteiger partial charge in [0.1, 0.15) is 0 Å². The molecule has 25 heavy (non-hydrogen) atoms. The highest BCUT2D eigenvalue weighted by molar-refractivity contribution is 8.01. The summed E-state index contributed by atoms with van der Waals surface area (Å²) < 4.78 is 5.97. The molecule has 136 valence electrons. The summed E-state index contributed by atoms with van der Waals surface area (Å²) >= 11 is 2.71. The van der Waals surface area contributed by atoms with Gasteiger partial charge in [-0.05, 0) is 13.3 Å². The van der Waals surface area contributed by atoms with Crippen LogP contribution in [0.5, 0.6) is 0 Å². The lowest BCUT2D eigenvalue weighted by atomic mass is 10.3. The predicted octanol–water partition coefficient (Wildman–Crippen LogP) is 2.12. The van der Waals surface area contributed by atoms with E-state index in [1.807, 2.05) is 19.1 Å². The summed E-state index contributed by atoms with van der Waals surface area (Å²) in [6.45, 7) is 4.84. The Kier molecular flexibility index (Phi) is 11.4. The Morgan fingerprint density at radius 1 is 1.32 bits per heavy atom. The summed E-state index contributed by atoms with van der Waals surface area (Å²) in [4.78, 5) is 13.8. The van der Waals surface area contributed by atoms with Gasteiger partial charge in [0.2, 0.25) is 11.0 Å². The molecular formula is C15H22N6O2S2. The van der Waals surface area contributed by atoms with Gasteiger partial charge in [0.05, 0.1) is 30.7 Å². The standard InChI is InChI=1S/C15H22N6O2S2/c1-2-23-11-5-8-18-14-19-20-15(25-14)24-12-13(22)21(9-3-6-16)10-4-7-17/h2-5,8-12H2,1H3,(H,18,19). The molecular weight excluding hydrogens is 360 g/mol. The Balaban J connectivity index is 2.36. The molecule has 0 radical (unpaired) electrons. The van der Waals surface area contributed by atoms with Crippen molar-refractivity contribution in [2.75, 3.05) is 43.9 Å². The summed E-state index contributed by atoms with van der Waals surface area (Å²) in [7, 11) is 0. The molecule has 1 aromatic heterocycles. The first-order chi connectivity index (χ1) is 12.2. The monoisotopic (exact) mass is 382 g/mol. The quantitative estimate of drug-likeness (QED) is 0.407. The molecule has 0 unspecified atom stereocenters. The fourth-order valence-corrected chi connectivity index (χ4v) is 3.48. The van der Waals surface area contributed by atoms with Crippen LogP contribution in [-0.4, -0.2) is 59.6 Å². The fraction of sp³-hybridized carbons (Fsp3) is 0.667. The molecule has 0 saturated heterocycles. The number of nitrogens with zero attached hydrogens (tertiary/aromatic N) is 5. The molecule has 1 N–H and O–H groups in total. The van der Waals surface area contributed by atoms with E-state index in [4.69, 9.17) is 15.3 Å². The molecule has 1 amide bonds. The molecule has 1 aromatic rings. The number of thioether (sulfide) groups is 1. The van der Waals surface area contributed by atoms with Crippen molar-refractivity contribution in [1.29, 1.82) is 10.5 Å². The van der Waals surface area contributed by atoms with Crippen molar-refractivity contribution in [2.24, 2.45) is 0 Å². The van der Waals surface area contributed by atoms with E-state index >= 15 is 0 Å². The summed E-state index contributed by atoms with van der Waals surface area (Å²) in [6.07, 6.45) is 1.41. The number of nitriles is 2. The number of rotatable bonds is 13. The van der Waals surface area contributed by atoms with Gasteiger partial charge in [-0.2, -0.15) is 10.5 Å². The van der Waals surface area contributed by atoms with E-state index in [0.717, 1.165) is 18.1 Å². The van der Waals surface area contributed by atoms with Gasteiger partial charge in [0.15, 0.2) is 4.34 Å². The molecule has 0 saturated carbocycles. The maximum atomic E-state index is 12.2. The number of aromatic nitrogens is 2. The minimum atomic E-state index is -0.100. The van der Waals surface area contributed by atoms with Crippen molar-refractivity contribution in [1.82, 2.24) is 15.1 Å². The molecule has 0 bridgehead atoms. The Bertz CT molecular complexity index is 578. The molecule has 0 aromatic carbocycles. The average Bonchev–Trinajstić information content (AvgIpc) is 3.07. The second kappa shape index (κ2) is 13.4. The molecule has 0 atom stereocenters. The van der Waals surface area contributed by atoms with Crippen LogP contribution in [0.1, 0.15) is 26.2 Å². The first-order valence-corrected chi connectivity index (χ1v) is 9.81. The number of nitrogens with one attached hydrogen (secondary N) is 1. The van der Waals surface area contributed by atoms with Crippen molar-refractivity contribution in [2.45, 2.75) is 30.5 Å². The van der Waals surface area contributed by atoms with E-state index < -0.39 is 0 Å². The third kappa shape index (κ3) is 9.25. The number of hydrogen-bond donors (Lipinski definition) is 1. The highest BCUT2D eigenvalue weighted by Crippen LogP contribution is 2.25. The van der Waals surface area contributed by atoms with E-state index in [1.54, 1.807) is 4.90 Å². The first-order valence-electron chi connectivity index (χ1n) is 8.00. The van der Waals surface area contributed by atoms with Crippen LogP contribution in [0.15, 0.2) is 4.34 Å². The lowest BCUT2D eigenvalue weighted by Crippen LogP contribution is -2.34.